The highest BCUT2D eigenvalue weighted by Gasteiger charge is 2.31. The van der Waals surface area contributed by atoms with Crippen molar-refractivity contribution in [2.75, 3.05) is 19.8 Å². The highest BCUT2D eigenvalue weighted by Crippen LogP contribution is 2.46. The van der Waals surface area contributed by atoms with Gasteiger partial charge in [-0.25, -0.2) is 4.39 Å². The van der Waals surface area contributed by atoms with Crippen molar-refractivity contribution in [1.29, 1.82) is 5.26 Å². The highest BCUT2D eigenvalue weighted by atomic mass is 35.5. The maximum Gasteiger partial charge on any atom is 0.323 e. The van der Waals surface area contributed by atoms with Crippen LogP contribution in [-0.4, -0.2) is 47.0 Å². The molecule has 2 heterocycles. The van der Waals surface area contributed by atoms with Crippen LogP contribution in [0.25, 0.3) is 11.1 Å². The van der Waals surface area contributed by atoms with Gasteiger partial charge in [0.2, 0.25) is 5.82 Å². The number of pyridine rings is 1. The highest BCUT2D eigenvalue weighted by molar-refractivity contribution is 6.32. The zero-order valence-corrected chi connectivity index (χ0v) is 25.5. The number of carbonyl (C=O) groups is 1. The Morgan fingerprint density at radius 3 is 2.74 bits per heavy atom. The van der Waals surface area contributed by atoms with Gasteiger partial charge in [-0.3, -0.25) is 15.1 Å². The van der Waals surface area contributed by atoms with Crippen LogP contribution in [0, 0.1) is 23.0 Å². The molecule has 2 atom stereocenters. The largest absolute Gasteiger partial charge is 0.488 e. The number of aromatic nitrogens is 1. The number of nitriles is 1. The number of nitrogens with one attached hydrogen (secondary N) is 1. The molecule has 13 heteroatoms. The number of aliphatic hydroxyl groups is 1. The van der Waals surface area contributed by atoms with E-state index in [1.54, 1.807) is 36.5 Å². The summed E-state index contributed by atoms with van der Waals surface area (Å²) in [4.78, 5) is 15.5. The third-order valence-electron chi connectivity index (χ3n) is 7.94. The van der Waals surface area contributed by atoms with Gasteiger partial charge < -0.3 is 29.2 Å². The van der Waals surface area contributed by atoms with Crippen LogP contribution in [0.1, 0.15) is 40.3 Å². The standard InChI is InChI=1S/C34H28ClF2N3O7/c35-25-9-20(15-40-26(16-41)34(42)43)28(46-17-19-8-18(12-38)13-39-14-19)11-29(25)47-27-5-4-22-21(2-1-3-23(22)27)24-10-30-33(32(37)31(24)36)45-7-6-44-30/h1-3,8-11,13-14,26-27,40-41H,4-7,15-17H2,(H,42,43)/t26?,27-/m0/s1. The van der Waals surface area contributed by atoms with Crippen molar-refractivity contribution in [3.63, 3.8) is 0 Å². The summed E-state index contributed by atoms with van der Waals surface area (Å²) in [6.07, 6.45) is 3.56. The Morgan fingerprint density at radius 1 is 1.13 bits per heavy atom. The van der Waals surface area contributed by atoms with Crippen molar-refractivity contribution in [2.24, 2.45) is 0 Å². The molecule has 0 amide bonds. The zero-order valence-electron chi connectivity index (χ0n) is 24.8. The lowest BCUT2D eigenvalue weighted by molar-refractivity contribution is -0.140. The number of carboxylic acid groups (broad SMARTS) is 1. The van der Waals surface area contributed by atoms with E-state index in [4.69, 9.17) is 30.5 Å². The summed E-state index contributed by atoms with van der Waals surface area (Å²) in [6.45, 7) is -0.236. The third kappa shape index (κ3) is 6.64. The van der Waals surface area contributed by atoms with Crippen LogP contribution in [-0.2, 0) is 24.4 Å². The van der Waals surface area contributed by atoms with E-state index < -0.39 is 36.4 Å². The van der Waals surface area contributed by atoms with Gasteiger partial charge in [-0.15, -0.1) is 0 Å². The molecule has 1 aliphatic carbocycles. The van der Waals surface area contributed by atoms with Crippen LogP contribution in [0.5, 0.6) is 23.0 Å². The maximum absolute atomic E-state index is 15.3. The second-order valence-corrected chi connectivity index (χ2v) is 11.3. The summed E-state index contributed by atoms with van der Waals surface area (Å²) in [7, 11) is 0. The Morgan fingerprint density at radius 2 is 1.96 bits per heavy atom. The number of ether oxygens (including phenoxy) is 4. The van der Waals surface area contributed by atoms with E-state index in [2.05, 4.69) is 10.3 Å². The number of halogens is 3. The van der Waals surface area contributed by atoms with Gasteiger partial charge in [0.05, 0.1) is 17.2 Å². The van der Waals surface area contributed by atoms with E-state index in [1.807, 2.05) is 12.1 Å². The Bertz CT molecular complexity index is 1880. The molecule has 0 spiro atoms. The molecule has 0 saturated carbocycles. The molecule has 1 aliphatic heterocycles. The summed E-state index contributed by atoms with van der Waals surface area (Å²) in [5.41, 5.74) is 3.65. The zero-order chi connectivity index (χ0) is 33.1. The predicted octanol–water partition coefficient (Wildman–Crippen LogP) is 5.50. The third-order valence-corrected chi connectivity index (χ3v) is 8.24. The molecule has 3 N–H and O–H groups in total. The fourth-order valence-electron chi connectivity index (χ4n) is 5.65. The topological polar surface area (TPSA) is 143 Å². The van der Waals surface area contributed by atoms with Crippen molar-refractivity contribution in [1.82, 2.24) is 10.3 Å². The first kappa shape index (κ1) is 32.0. The molecule has 0 radical (unpaired) electrons. The molecule has 0 fully saturated rings. The molecular weight excluding hydrogens is 636 g/mol. The van der Waals surface area contributed by atoms with Crippen LogP contribution in [0.3, 0.4) is 0 Å². The Kier molecular flexibility index (Phi) is 9.40. The minimum atomic E-state index is -1.22. The van der Waals surface area contributed by atoms with Crippen molar-refractivity contribution >= 4 is 17.6 Å². The van der Waals surface area contributed by atoms with Gasteiger partial charge in [0.1, 0.15) is 49.5 Å². The fourth-order valence-corrected chi connectivity index (χ4v) is 5.88. The average molecular weight is 664 g/mol. The number of hydrogen-bond acceptors (Lipinski definition) is 9. The van der Waals surface area contributed by atoms with E-state index in [0.29, 0.717) is 40.8 Å². The maximum atomic E-state index is 15.3. The molecule has 6 rings (SSSR count). The van der Waals surface area contributed by atoms with E-state index >= 15 is 4.39 Å². The van der Waals surface area contributed by atoms with Gasteiger partial charge in [0.25, 0.3) is 0 Å². The van der Waals surface area contributed by atoms with Gasteiger partial charge in [0.15, 0.2) is 17.3 Å². The molecule has 2 aliphatic rings. The van der Waals surface area contributed by atoms with Crippen molar-refractivity contribution < 1.29 is 42.7 Å². The van der Waals surface area contributed by atoms with Crippen molar-refractivity contribution in [3.8, 4) is 40.2 Å². The number of aliphatic carboxylic acids is 1. The van der Waals surface area contributed by atoms with E-state index in [-0.39, 0.29) is 54.2 Å². The van der Waals surface area contributed by atoms with Crippen LogP contribution < -0.4 is 24.3 Å². The predicted molar refractivity (Wildman–Crippen MR) is 165 cm³/mol. The average Bonchev–Trinajstić information content (AvgIpc) is 3.50. The van der Waals surface area contributed by atoms with Crippen molar-refractivity contribution in [3.05, 3.63) is 99.3 Å². The lowest BCUT2D eigenvalue weighted by Gasteiger charge is -2.21. The van der Waals surface area contributed by atoms with Gasteiger partial charge in [-0.05, 0) is 47.7 Å². The molecule has 242 valence electrons. The summed E-state index contributed by atoms with van der Waals surface area (Å²) >= 11 is 6.67. The number of nitrogens with zero attached hydrogens (tertiary/aromatic N) is 2. The monoisotopic (exact) mass is 663 g/mol. The van der Waals surface area contributed by atoms with Crippen LogP contribution in [0.2, 0.25) is 5.02 Å². The second-order valence-electron chi connectivity index (χ2n) is 10.9. The van der Waals surface area contributed by atoms with Gasteiger partial charge in [0, 0.05) is 41.7 Å². The molecule has 47 heavy (non-hydrogen) atoms. The molecule has 0 bridgehead atoms. The number of carboxylic acids is 1. The fraction of sp³-hybridized carbons (Fsp3) is 0.265. The Labute approximate surface area is 273 Å². The van der Waals surface area contributed by atoms with Crippen molar-refractivity contribution in [2.45, 2.75) is 38.1 Å². The van der Waals surface area contributed by atoms with Gasteiger partial charge >= 0.3 is 5.97 Å². The minimum Gasteiger partial charge on any atom is -0.488 e. The summed E-state index contributed by atoms with van der Waals surface area (Å²) in [5, 5.41) is 31.0. The first-order valence-corrected chi connectivity index (χ1v) is 15.1. The van der Waals surface area contributed by atoms with E-state index in [9.17, 15) is 24.7 Å². The van der Waals surface area contributed by atoms with E-state index in [0.717, 1.165) is 11.1 Å². The smallest absolute Gasteiger partial charge is 0.323 e. The SMILES string of the molecule is N#Cc1cncc(COc2cc(O[C@H]3CCc4c(-c5cc6c(c(F)c5F)OCCO6)cccc43)c(Cl)cc2CNC(CO)C(=O)O)c1. The number of rotatable bonds is 11. The Balaban J connectivity index is 1.29. The molecule has 10 nitrogen and oxygen atoms in total. The quantitative estimate of drug-likeness (QED) is 0.188. The van der Waals surface area contributed by atoms with Gasteiger partial charge in [-0.2, -0.15) is 9.65 Å². The van der Waals surface area contributed by atoms with Gasteiger partial charge in [-0.1, -0.05) is 29.8 Å². The number of benzene rings is 3. The van der Waals surface area contributed by atoms with Crippen LogP contribution >= 0.6 is 11.6 Å². The molecule has 4 aromatic rings. The van der Waals surface area contributed by atoms with Crippen LogP contribution in [0.15, 0.2) is 54.9 Å². The van der Waals surface area contributed by atoms with E-state index in [1.165, 1.54) is 12.3 Å². The molecule has 1 aromatic heterocycles. The lowest BCUT2D eigenvalue weighted by Crippen LogP contribution is -2.39. The number of fused-ring (bicyclic) bond motifs is 2. The first-order valence-electron chi connectivity index (χ1n) is 14.7. The summed E-state index contributed by atoms with van der Waals surface area (Å²) in [6, 6.07) is 12.4. The summed E-state index contributed by atoms with van der Waals surface area (Å²) in [5.74, 6) is -2.83. The van der Waals surface area contributed by atoms with Crippen LogP contribution in [0.4, 0.5) is 8.78 Å². The molecule has 0 saturated heterocycles. The first-order chi connectivity index (χ1) is 22.8. The summed E-state index contributed by atoms with van der Waals surface area (Å²) < 4.78 is 53.5. The minimum absolute atomic E-state index is 0.00335. The Hall–Kier alpha value is -4.96. The second kappa shape index (κ2) is 13.8. The number of hydrogen-bond donors (Lipinski definition) is 3. The molecule has 3 aromatic carbocycles. The molecule has 1 unspecified atom stereocenters. The molecular formula is C34H28ClF2N3O7. The normalized spacial score (nSPS) is 15.4. The lowest BCUT2D eigenvalue weighted by atomic mass is 9.95. The number of aliphatic hydroxyl groups excluding tert-OH is 1.